The highest BCUT2D eigenvalue weighted by atomic mass is 79.9. The molecule has 5 amide bonds. The predicted octanol–water partition coefficient (Wildman–Crippen LogP) is 7.04. The van der Waals surface area contributed by atoms with Crippen molar-refractivity contribution < 1.29 is 68.3 Å². The maximum Gasteiger partial charge on any atom is 0.449 e. The number of nitrogens with one attached hydrogen (secondary N) is 6. The third-order valence-electron chi connectivity index (χ3n) is 11.0. The van der Waals surface area contributed by atoms with Crippen LogP contribution in [0.15, 0.2) is 66.3 Å². The van der Waals surface area contributed by atoms with Crippen molar-refractivity contribution >= 4 is 131 Å². The number of nitrogens with zero attached hydrogens (tertiary/aromatic N) is 6. The molecular formula is C43H36Br2Cl3F9N14O9. The molecule has 0 radical (unpaired) electrons. The summed E-state index contributed by atoms with van der Waals surface area (Å²) < 4.78 is 113. The van der Waals surface area contributed by atoms with Gasteiger partial charge in [0.05, 0.1) is 24.0 Å². The number of rotatable bonds is 7. The van der Waals surface area contributed by atoms with E-state index in [4.69, 9.17) is 46.3 Å². The molecular weight excluding hydrogens is 1290 g/mol. The Labute approximate surface area is 472 Å². The summed E-state index contributed by atoms with van der Waals surface area (Å²) in [5.41, 5.74) is 0.531. The van der Waals surface area contributed by atoms with Gasteiger partial charge in [-0.25, -0.2) is 19.9 Å². The number of anilines is 5. The second kappa shape index (κ2) is 24.3. The molecule has 5 aromatic heterocycles. The number of amides is 5. The molecule has 9 rings (SSSR count). The maximum atomic E-state index is 13.6. The fraction of sp³-hybridized carbons (Fsp3) is 0.326. The Balaban J connectivity index is 0.000000201. The largest absolute Gasteiger partial charge is 0.449 e. The Bertz CT molecular complexity index is 3510. The van der Waals surface area contributed by atoms with Gasteiger partial charge in [-0.15, -0.1) is 0 Å². The number of ketones is 1. The normalized spacial score (nSPS) is 17.8. The summed E-state index contributed by atoms with van der Waals surface area (Å²) in [4.78, 5) is 120. The van der Waals surface area contributed by atoms with E-state index in [2.05, 4.69) is 72.7 Å². The predicted molar refractivity (Wildman–Crippen MR) is 273 cm³/mol. The minimum atomic E-state index is -4.96. The summed E-state index contributed by atoms with van der Waals surface area (Å²) in [6.45, 7) is 1.85. The van der Waals surface area contributed by atoms with Crippen molar-refractivity contribution in [3.63, 3.8) is 0 Å². The van der Waals surface area contributed by atoms with Crippen LogP contribution >= 0.6 is 66.7 Å². The number of Topliss-reactive ketones (excluding diaryl/α,β-unsaturated/α-hetero) is 1. The van der Waals surface area contributed by atoms with E-state index in [1.54, 1.807) is 16.7 Å². The van der Waals surface area contributed by atoms with E-state index in [1.807, 2.05) is 0 Å². The van der Waals surface area contributed by atoms with Crippen molar-refractivity contribution in [2.24, 2.45) is 17.6 Å². The van der Waals surface area contributed by atoms with Gasteiger partial charge in [-0.05, 0) is 89.6 Å². The van der Waals surface area contributed by atoms with Crippen molar-refractivity contribution in [2.45, 2.75) is 76.3 Å². The molecule has 23 nitrogen and oxygen atoms in total. The van der Waals surface area contributed by atoms with E-state index in [1.165, 1.54) is 18.5 Å². The summed E-state index contributed by atoms with van der Waals surface area (Å²) in [7, 11) is 0. The molecule has 0 spiro atoms. The lowest BCUT2D eigenvalue weighted by molar-refractivity contribution is -0.213. The van der Waals surface area contributed by atoms with E-state index < -0.39 is 81.4 Å². The number of hydrogen-bond acceptors (Lipinski definition) is 15. The third kappa shape index (κ3) is 14.8. The van der Waals surface area contributed by atoms with Crippen LogP contribution in [0.3, 0.4) is 0 Å². The minimum Gasteiger partial charge on any atom is -0.384 e. The van der Waals surface area contributed by atoms with Gasteiger partial charge >= 0.3 is 18.5 Å². The van der Waals surface area contributed by atoms with Gasteiger partial charge in [-0.2, -0.15) is 39.5 Å². The fourth-order valence-electron chi connectivity index (χ4n) is 6.45. The number of aromatic amines is 1. The van der Waals surface area contributed by atoms with Gasteiger partial charge in [0.1, 0.15) is 58.7 Å². The molecule has 2 unspecified atom stereocenters. The zero-order chi connectivity index (χ0) is 60.4. The van der Waals surface area contributed by atoms with Crippen LogP contribution in [0.2, 0.25) is 15.1 Å². The van der Waals surface area contributed by atoms with E-state index in [0.717, 1.165) is 44.1 Å². The molecule has 80 heavy (non-hydrogen) atoms. The van der Waals surface area contributed by atoms with Gasteiger partial charge < -0.3 is 43.0 Å². The van der Waals surface area contributed by atoms with Crippen LogP contribution in [0.4, 0.5) is 68.5 Å². The maximum absolute atomic E-state index is 13.6. The first kappa shape index (κ1) is 63.7. The molecule has 4 aliphatic rings. The average molecular weight is 1330 g/mol. The molecule has 2 aliphatic carbocycles. The van der Waals surface area contributed by atoms with Crippen molar-refractivity contribution in [1.29, 1.82) is 0 Å². The van der Waals surface area contributed by atoms with Gasteiger partial charge in [0, 0.05) is 30.9 Å². The Morgan fingerprint density at radius 3 is 1.49 bits per heavy atom. The van der Waals surface area contributed by atoms with Gasteiger partial charge in [0.25, 0.3) is 34.4 Å². The zero-order valence-corrected chi connectivity index (χ0v) is 45.8. The minimum absolute atomic E-state index is 0.0260. The standard InChI is InChI=1S/C17H14ClF3N6O3.C9H5BrClF3N2O2.C8H10N4O.C6H4BrClN2O2.C3H3F3O/c1-16(17(19,20)21)26-14(29)12-8(18)4-9(15(30)27(12)16)24-10-5-11(23-6-22-10)25-13(28)7-2-3-7;1-8(9(12,13)14)15-6(17)5-4(11)2-3(10)7(18)16(5)8;9-6-3-7(11-4-10-6)12-8(13)5-1-2-5;7-2-1-3(8)4(5(9)11)10-6(2)12;1-2(7)3(4,5)6/h4-7H,2-3H2,1H3,(H,26,29)(H2,22,23,24,25,28);2H,1H3,(H,15,17);3-5H,1-2H2,(H3,9,10,11,12,13);1H,(H2,9,11)(H,10,12);1H3. The van der Waals surface area contributed by atoms with Crippen LogP contribution in [-0.4, -0.2) is 87.9 Å². The number of hydrogen-bond donors (Lipinski definition) is 8. The summed E-state index contributed by atoms with van der Waals surface area (Å²) in [5.74, 6) is -3.70. The number of carbonyl (C=O) groups excluding carboxylic acids is 6. The third-order valence-corrected chi connectivity index (χ3v) is 13.0. The Hall–Kier alpha value is -7.17. The van der Waals surface area contributed by atoms with Crippen LogP contribution in [0.1, 0.15) is 77.9 Å². The van der Waals surface area contributed by atoms with E-state index in [9.17, 15) is 82.7 Å². The molecule has 0 aromatic carbocycles. The molecule has 2 fully saturated rings. The van der Waals surface area contributed by atoms with Crippen LogP contribution in [-0.2, 0) is 25.7 Å². The monoisotopic (exact) mass is 1330 g/mol. The molecule has 7 heterocycles. The molecule has 0 saturated heterocycles. The highest BCUT2D eigenvalue weighted by Gasteiger charge is 2.61. The Morgan fingerprint density at radius 2 is 1.06 bits per heavy atom. The molecule has 37 heteroatoms. The van der Waals surface area contributed by atoms with Gasteiger partial charge in [0.15, 0.2) is 0 Å². The number of H-pyrrole nitrogens is 1. The molecule has 5 aromatic rings. The van der Waals surface area contributed by atoms with E-state index in [0.29, 0.717) is 37.0 Å². The number of pyridine rings is 3. The van der Waals surface area contributed by atoms with Crippen LogP contribution < -0.4 is 54.7 Å². The number of carbonyl (C=O) groups is 6. The van der Waals surface area contributed by atoms with Gasteiger partial charge in [0.2, 0.25) is 28.9 Å². The number of fused-ring (bicyclic) bond motifs is 2. The molecule has 2 aliphatic heterocycles. The zero-order valence-electron chi connectivity index (χ0n) is 40.3. The number of nitrogen functional groups attached to an aromatic ring is 1. The lowest BCUT2D eigenvalue weighted by atomic mass is 10.2. The summed E-state index contributed by atoms with van der Waals surface area (Å²) in [5, 5.41) is 10.9. The quantitative estimate of drug-likeness (QED) is 0.0758. The SMILES string of the molecule is CC(=O)C(F)(F)F.CC1(C(F)(F)F)NC(=O)c2c(Cl)cc(Br)c(=O)n21.CC1(C(F)(F)F)NC(=O)c2c(Cl)cc(Nc3cc(NC(=O)C4CC4)ncn3)c(=O)n21.NC(=O)c1[nH]c(=O)c(Br)cc1Cl.Nc1cc(NC(=O)C2CC2)ncn1. The lowest BCUT2D eigenvalue weighted by Gasteiger charge is -2.29. The highest BCUT2D eigenvalue weighted by Crippen LogP contribution is 2.41. The molecule has 2 saturated carbocycles. The van der Waals surface area contributed by atoms with Crippen molar-refractivity contribution in [1.82, 2.24) is 44.7 Å². The van der Waals surface area contributed by atoms with Crippen molar-refractivity contribution in [3.8, 4) is 0 Å². The fourth-order valence-corrected chi connectivity index (χ4v) is 8.26. The second-order valence-corrected chi connectivity index (χ2v) is 20.1. The van der Waals surface area contributed by atoms with E-state index in [-0.39, 0.29) is 75.2 Å². The highest BCUT2D eigenvalue weighted by molar-refractivity contribution is 9.10. The smallest absolute Gasteiger partial charge is 0.384 e. The first-order valence-corrected chi connectivity index (χ1v) is 24.6. The summed E-state index contributed by atoms with van der Waals surface area (Å²) in [6, 6.07) is 6.32. The first-order valence-electron chi connectivity index (χ1n) is 21.9. The molecule has 0 bridgehead atoms. The number of aromatic nitrogens is 7. The van der Waals surface area contributed by atoms with Crippen molar-refractivity contribution in [2.75, 3.05) is 21.7 Å². The number of halogens is 14. The number of alkyl halides is 9. The molecule has 10 N–H and O–H groups in total. The average Bonchev–Trinajstić information content (AvgIpc) is 4.32. The topological polar surface area (TPSA) is 343 Å². The lowest BCUT2D eigenvalue weighted by Crippen LogP contribution is -2.55. The van der Waals surface area contributed by atoms with Crippen LogP contribution in [0, 0.1) is 11.8 Å². The number of nitrogens with two attached hydrogens (primary N) is 2. The molecule has 2 atom stereocenters. The van der Waals surface area contributed by atoms with Crippen LogP contribution in [0.25, 0.3) is 0 Å². The Morgan fingerprint density at radius 1 is 0.650 bits per heavy atom. The van der Waals surface area contributed by atoms with Gasteiger partial charge in [-0.1, -0.05) is 34.8 Å². The summed E-state index contributed by atoms with van der Waals surface area (Å²) >= 11 is 23.1. The molecule has 430 valence electrons. The Kier molecular flexibility index (Phi) is 19.3. The van der Waals surface area contributed by atoms with Gasteiger partial charge in [-0.3, -0.25) is 52.3 Å². The number of primary amides is 1. The van der Waals surface area contributed by atoms with Crippen molar-refractivity contribution in [3.05, 3.63) is 115 Å². The van der Waals surface area contributed by atoms with Crippen LogP contribution in [0.5, 0.6) is 0 Å². The summed E-state index contributed by atoms with van der Waals surface area (Å²) in [6.07, 6.45) is -8.45. The first-order chi connectivity index (χ1) is 36.8. The van der Waals surface area contributed by atoms with E-state index >= 15 is 0 Å². The second-order valence-electron chi connectivity index (χ2n) is 17.1.